The molecule has 21 heavy (non-hydrogen) atoms. The number of carboxylic acids is 1. The lowest BCUT2D eigenvalue weighted by Gasteiger charge is -2.05. The van der Waals surface area contributed by atoms with E-state index in [4.69, 9.17) is 5.11 Å². The van der Waals surface area contributed by atoms with Crippen LogP contribution in [0, 0.1) is 0 Å². The molecule has 0 radical (unpaired) electrons. The first-order chi connectivity index (χ1) is 9.97. The largest absolute Gasteiger partial charge is 0.477 e. The minimum Gasteiger partial charge on any atom is -0.477 e. The van der Waals surface area contributed by atoms with E-state index in [9.17, 15) is 13.2 Å². The van der Waals surface area contributed by atoms with Crippen LogP contribution in [-0.2, 0) is 10.0 Å². The van der Waals surface area contributed by atoms with Crippen molar-refractivity contribution in [3.8, 4) is 0 Å². The number of nitrogens with zero attached hydrogens (tertiary/aromatic N) is 2. The summed E-state index contributed by atoms with van der Waals surface area (Å²) in [7, 11) is -3.85. The van der Waals surface area contributed by atoms with E-state index in [2.05, 4.69) is 13.5 Å². The molecule has 2 N–H and O–H groups in total. The zero-order valence-corrected chi connectivity index (χ0v) is 12.6. The lowest BCUT2D eigenvalue weighted by atomic mass is 10.3. The van der Waals surface area contributed by atoms with E-state index in [1.807, 2.05) is 0 Å². The number of aromatic nitrogens is 2. The third kappa shape index (κ3) is 2.60. The maximum Gasteiger partial charge on any atom is 0.345 e. The minimum absolute atomic E-state index is 0.0130. The van der Waals surface area contributed by atoms with Gasteiger partial charge in [-0.25, -0.2) is 13.2 Å². The first-order valence-corrected chi connectivity index (χ1v) is 8.57. The van der Waals surface area contributed by atoms with Gasteiger partial charge in [0, 0.05) is 0 Å². The van der Waals surface area contributed by atoms with Crippen LogP contribution in [0.4, 0.5) is 5.00 Å². The van der Waals surface area contributed by atoms with Gasteiger partial charge in [0.05, 0.1) is 11.7 Å². The highest BCUT2D eigenvalue weighted by atomic mass is 32.2. The summed E-state index contributed by atoms with van der Waals surface area (Å²) in [5, 5.41) is 9.07. The average Bonchev–Trinajstić information content (AvgIpc) is 3.05. The second kappa shape index (κ2) is 5.06. The summed E-state index contributed by atoms with van der Waals surface area (Å²) >= 11 is 1.78. The number of rotatable bonds is 4. The highest BCUT2D eigenvalue weighted by molar-refractivity contribution is 7.93. The Morgan fingerprint density at radius 3 is 2.71 bits per heavy atom. The van der Waals surface area contributed by atoms with Crippen LogP contribution >= 0.6 is 23.1 Å². The molecule has 3 aromatic rings. The lowest BCUT2D eigenvalue weighted by molar-refractivity contribution is 0.0702. The van der Waals surface area contributed by atoms with Gasteiger partial charge in [-0.1, -0.05) is 6.07 Å². The number of benzene rings is 1. The van der Waals surface area contributed by atoms with Crippen molar-refractivity contribution >= 4 is 55.1 Å². The topological polar surface area (TPSA) is 109 Å². The number of nitrogens with one attached hydrogen (secondary N) is 1. The fraction of sp³-hybridized carbons (Fsp3) is 0. The van der Waals surface area contributed by atoms with Crippen LogP contribution in [0.2, 0.25) is 0 Å². The highest BCUT2D eigenvalue weighted by Crippen LogP contribution is 2.27. The van der Waals surface area contributed by atoms with Crippen LogP contribution in [0.5, 0.6) is 0 Å². The first kappa shape index (κ1) is 13.9. The Labute approximate surface area is 127 Å². The van der Waals surface area contributed by atoms with E-state index < -0.39 is 16.0 Å². The molecule has 0 saturated carbocycles. The molecule has 0 aliphatic rings. The summed E-state index contributed by atoms with van der Waals surface area (Å²) in [4.78, 5) is 10.9. The molecule has 7 nitrogen and oxygen atoms in total. The average molecular weight is 341 g/mol. The van der Waals surface area contributed by atoms with Gasteiger partial charge in [-0.15, -0.1) is 11.3 Å². The molecule has 0 saturated heterocycles. The van der Waals surface area contributed by atoms with Crippen LogP contribution in [0.3, 0.4) is 0 Å². The van der Waals surface area contributed by atoms with Gasteiger partial charge in [-0.3, -0.25) is 4.72 Å². The fourth-order valence-electron chi connectivity index (χ4n) is 1.69. The van der Waals surface area contributed by atoms with E-state index in [1.165, 1.54) is 18.2 Å². The monoisotopic (exact) mass is 341 g/mol. The Balaban J connectivity index is 2.00. The van der Waals surface area contributed by atoms with Crippen LogP contribution in [0.25, 0.3) is 11.0 Å². The normalized spacial score (nSPS) is 11.6. The smallest absolute Gasteiger partial charge is 0.345 e. The van der Waals surface area contributed by atoms with Gasteiger partial charge in [0.1, 0.15) is 25.8 Å². The maximum atomic E-state index is 12.4. The Hall–Kier alpha value is -2.04. The standard InChI is InChI=1S/C11H7N3O4S3/c15-11(16)7-4-5-9(19-7)14-21(17,18)8-3-1-2-6-10(8)13-20-12-6/h1-5,14H,(H,15,16). The van der Waals surface area contributed by atoms with E-state index >= 15 is 0 Å². The van der Waals surface area contributed by atoms with Gasteiger partial charge >= 0.3 is 5.97 Å². The van der Waals surface area contributed by atoms with Gasteiger partial charge < -0.3 is 5.11 Å². The van der Waals surface area contributed by atoms with Crippen LogP contribution in [-0.4, -0.2) is 28.2 Å². The molecule has 2 aromatic heterocycles. The summed E-state index contributed by atoms with van der Waals surface area (Å²) in [6, 6.07) is 7.43. The molecular formula is C11H7N3O4S3. The van der Waals surface area contributed by atoms with Gasteiger partial charge in [-0.05, 0) is 24.3 Å². The number of carbonyl (C=O) groups is 1. The molecule has 0 fully saturated rings. The Morgan fingerprint density at radius 1 is 1.19 bits per heavy atom. The van der Waals surface area contributed by atoms with Crippen molar-refractivity contribution in [3.05, 3.63) is 35.2 Å². The molecule has 2 heterocycles. The van der Waals surface area contributed by atoms with Gasteiger partial charge in [-0.2, -0.15) is 8.75 Å². The molecule has 0 unspecified atom stereocenters. The van der Waals surface area contributed by atoms with Crippen molar-refractivity contribution in [1.82, 2.24) is 8.75 Å². The zero-order valence-electron chi connectivity index (χ0n) is 10.2. The summed E-state index contributed by atoms with van der Waals surface area (Å²) in [5.74, 6) is -1.10. The third-order valence-corrected chi connectivity index (χ3v) is 5.65. The number of thiophene rings is 1. The van der Waals surface area contributed by atoms with Crippen molar-refractivity contribution in [2.75, 3.05) is 4.72 Å². The number of hydrogen-bond donors (Lipinski definition) is 2. The number of fused-ring (bicyclic) bond motifs is 1. The SMILES string of the molecule is O=C(O)c1ccc(NS(=O)(=O)c2cccc3nsnc23)s1. The Bertz CT molecular complexity index is 929. The number of anilines is 1. The Morgan fingerprint density at radius 2 is 2.00 bits per heavy atom. The lowest BCUT2D eigenvalue weighted by Crippen LogP contribution is -2.12. The molecule has 0 spiro atoms. The highest BCUT2D eigenvalue weighted by Gasteiger charge is 2.20. The molecule has 0 aliphatic heterocycles. The van der Waals surface area contributed by atoms with Crippen molar-refractivity contribution in [2.45, 2.75) is 4.90 Å². The molecule has 0 atom stereocenters. The van der Waals surface area contributed by atoms with Crippen LogP contribution in [0.1, 0.15) is 9.67 Å². The van der Waals surface area contributed by atoms with Crippen LogP contribution < -0.4 is 4.72 Å². The predicted molar refractivity (Wildman–Crippen MR) is 79.5 cm³/mol. The molecule has 3 rings (SSSR count). The molecule has 1 aromatic carbocycles. The third-order valence-electron chi connectivity index (χ3n) is 2.59. The van der Waals surface area contributed by atoms with Crippen LogP contribution in [0.15, 0.2) is 35.2 Å². The number of aromatic carboxylic acids is 1. The van der Waals surface area contributed by atoms with E-state index in [0.717, 1.165) is 23.1 Å². The maximum absolute atomic E-state index is 12.4. The number of sulfonamides is 1. The number of hydrogen-bond acceptors (Lipinski definition) is 7. The first-order valence-electron chi connectivity index (χ1n) is 5.54. The summed E-state index contributed by atoms with van der Waals surface area (Å²) in [6.45, 7) is 0. The summed E-state index contributed by atoms with van der Waals surface area (Å²) < 4.78 is 35.1. The quantitative estimate of drug-likeness (QED) is 0.753. The predicted octanol–water partition coefficient (Wildman–Crippen LogP) is 2.25. The molecule has 0 bridgehead atoms. The molecule has 0 amide bonds. The fourth-order valence-corrected chi connectivity index (χ4v) is 4.50. The van der Waals surface area contributed by atoms with Gasteiger partial charge in [0.25, 0.3) is 10.0 Å². The second-order valence-corrected chi connectivity index (χ2v) is 7.23. The number of carboxylic acid groups (broad SMARTS) is 1. The van der Waals surface area contributed by atoms with Crippen molar-refractivity contribution in [1.29, 1.82) is 0 Å². The minimum atomic E-state index is -3.85. The van der Waals surface area contributed by atoms with Crippen molar-refractivity contribution in [3.63, 3.8) is 0 Å². The van der Waals surface area contributed by atoms with E-state index in [1.54, 1.807) is 12.1 Å². The zero-order chi connectivity index (χ0) is 15.0. The van der Waals surface area contributed by atoms with E-state index in [-0.39, 0.29) is 14.8 Å². The Kier molecular flexibility index (Phi) is 3.35. The van der Waals surface area contributed by atoms with Crippen molar-refractivity contribution in [2.24, 2.45) is 0 Å². The molecule has 10 heteroatoms. The molecule has 108 valence electrons. The van der Waals surface area contributed by atoms with Gasteiger partial charge in [0.2, 0.25) is 0 Å². The molecular weight excluding hydrogens is 334 g/mol. The van der Waals surface area contributed by atoms with Gasteiger partial charge in [0.15, 0.2) is 0 Å². The molecule has 0 aliphatic carbocycles. The summed E-state index contributed by atoms with van der Waals surface area (Å²) in [5.41, 5.74) is 0.797. The second-order valence-electron chi connectivity index (χ2n) is 3.96. The van der Waals surface area contributed by atoms with Crippen molar-refractivity contribution < 1.29 is 18.3 Å². The summed E-state index contributed by atoms with van der Waals surface area (Å²) in [6.07, 6.45) is 0. The van der Waals surface area contributed by atoms with E-state index in [0.29, 0.717) is 11.0 Å².